The Labute approximate surface area is 229 Å². The van der Waals surface area contributed by atoms with E-state index in [1.807, 2.05) is 72.9 Å². The molecule has 5 rings (SSSR count). The van der Waals surface area contributed by atoms with Gasteiger partial charge in [-0.15, -0.1) is 0 Å². The second kappa shape index (κ2) is 10.1. The summed E-state index contributed by atoms with van der Waals surface area (Å²) >= 11 is 0. The van der Waals surface area contributed by atoms with E-state index in [0.717, 1.165) is 39.9 Å². The van der Waals surface area contributed by atoms with E-state index in [9.17, 15) is 4.79 Å². The van der Waals surface area contributed by atoms with Gasteiger partial charge in [-0.25, -0.2) is 9.78 Å². The third kappa shape index (κ3) is 5.60. The summed E-state index contributed by atoms with van der Waals surface area (Å²) < 4.78 is 13.6. The number of carbonyl (C=O) groups excluding carboxylic acids is 1. The van der Waals surface area contributed by atoms with Gasteiger partial charge >= 0.3 is 5.97 Å². The maximum atomic E-state index is 13.2. The zero-order valence-electron chi connectivity index (χ0n) is 23.4. The zero-order valence-corrected chi connectivity index (χ0v) is 23.4. The van der Waals surface area contributed by atoms with Crippen molar-refractivity contribution in [2.24, 2.45) is 5.41 Å². The van der Waals surface area contributed by atoms with Gasteiger partial charge in [-0.2, -0.15) is 0 Å². The molecule has 0 radical (unpaired) electrons. The average molecular weight is 522 g/mol. The van der Waals surface area contributed by atoms with E-state index in [0.29, 0.717) is 17.1 Å². The number of methoxy groups -OCH3 is 1. The molecule has 0 atom stereocenters. The van der Waals surface area contributed by atoms with E-state index in [-0.39, 0.29) is 11.0 Å². The number of nitrogens with zero attached hydrogens (tertiary/aromatic N) is 2. The first-order valence-corrected chi connectivity index (χ1v) is 13.2. The summed E-state index contributed by atoms with van der Waals surface area (Å²) in [4.78, 5) is 18.1. The SMILES string of the molecule is COc1cc(-c2nc3ccccn3c2NC(C)(C)CC(C)(C)C)ccc1OC(=O)c1cccc2ccccc12. The van der Waals surface area contributed by atoms with Crippen LogP contribution in [0.4, 0.5) is 5.82 Å². The molecule has 3 aromatic carbocycles. The highest BCUT2D eigenvalue weighted by Gasteiger charge is 2.28. The van der Waals surface area contributed by atoms with Gasteiger partial charge < -0.3 is 14.8 Å². The molecule has 5 aromatic rings. The van der Waals surface area contributed by atoms with Crippen LogP contribution in [0.3, 0.4) is 0 Å². The Bertz CT molecular complexity index is 1660. The molecule has 39 heavy (non-hydrogen) atoms. The van der Waals surface area contributed by atoms with Crippen LogP contribution in [0, 0.1) is 5.41 Å². The number of fused-ring (bicyclic) bond motifs is 2. The maximum absolute atomic E-state index is 13.2. The first-order valence-electron chi connectivity index (χ1n) is 13.2. The number of rotatable bonds is 7. The number of nitrogens with one attached hydrogen (secondary N) is 1. The van der Waals surface area contributed by atoms with Crippen molar-refractivity contribution in [3.05, 3.63) is 90.6 Å². The number of hydrogen-bond donors (Lipinski definition) is 1. The first-order chi connectivity index (χ1) is 18.5. The molecule has 2 heterocycles. The van der Waals surface area contributed by atoms with Crippen molar-refractivity contribution in [1.82, 2.24) is 9.38 Å². The summed E-state index contributed by atoms with van der Waals surface area (Å²) in [5.41, 5.74) is 2.97. The Morgan fingerprint density at radius 2 is 1.64 bits per heavy atom. The summed E-state index contributed by atoms with van der Waals surface area (Å²) in [6.07, 6.45) is 2.98. The van der Waals surface area contributed by atoms with Crippen LogP contribution in [-0.4, -0.2) is 28.0 Å². The lowest BCUT2D eigenvalue weighted by atomic mass is 9.82. The van der Waals surface area contributed by atoms with E-state index in [2.05, 4.69) is 44.3 Å². The quantitative estimate of drug-likeness (QED) is 0.174. The van der Waals surface area contributed by atoms with Gasteiger partial charge in [0, 0.05) is 17.3 Å². The molecule has 1 N–H and O–H groups in total. The Morgan fingerprint density at radius 3 is 2.41 bits per heavy atom. The Balaban J connectivity index is 1.51. The van der Waals surface area contributed by atoms with Crippen LogP contribution >= 0.6 is 0 Å². The van der Waals surface area contributed by atoms with Crippen molar-refractivity contribution >= 4 is 28.2 Å². The number of benzene rings is 3. The molecule has 6 nitrogen and oxygen atoms in total. The van der Waals surface area contributed by atoms with Crippen LogP contribution < -0.4 is 14.8 Å². The molecular weight excluding hydrogens is 486 g/mol. The molecule has 0 aliphatic heterocycles. The highest BCUT2D eigenvalue weighted by molar-refractivity contribution is 6.05. The summed E-state index contributed by atoms with van der Waals surface area (Å²) in [6.45, 7) is 11.2. The third-order valence-corrected chi connectivity index (χ3v) is 6.61. The molecule has 0 aliphatic carbocycles. The summed E-state index contributed by atoms with van der Waals surface area (Å²) in [6, 6.07) is 24.9. The molecule has 0 aliphatic rings. The highest BCUT2D eigenvalue weighted by Crippen LogP contribution is 2.38. The zero-order chi connectivity index (χ0) is 27.8. The van der Waals surface area contributed by atoms with Gasteiger partial charge in [0.1, 0.15) is 17.2 Å². The maximum Gasteiger partial charge on any atom is 0.344 e. The Hall–Kier alpha value is -4.32. The molecule has 6 heteroatoms. The summed E-state index contributed by atoms with van der Waals surface area (Å²) in [7, 11) is 1.57. The number of pyridine rings is 1. The number of ether oxygens (including phenoxy) is 2. The lowest BCUT2D eigenvalue weighted by molar-refractivity contribution is 0.0732. The van der Waals surface area contributed by atoms with Gasteiger partial charge in [0.05, 0.1) is 12.7 Å². The minimum Gasteiger partial charge on any atom is -0.493 e. The van der Waals surface area contributed by atoms with Crippen LogP contribution in [0.2, 0.25) is 0 Å². The minimum atomic E-state index is -0.433. The number of carbonyl (C=O) groups is 1. The Morgan fingerprint density at radius 1 is 0.897 bits per heavy atom. The highest BCUT2D eigenvalue weighted by atomic mass is 16.6. The second-order valence-electron chi connectivity index (χ2n) is 11.8. The molecule has 0 amide bonds. The predicted molar refractivity (Wildman–Crippen MR) is 158 cm³/mol. The largest absolute Gasteiger partial charge is 0.493 e. The monoisotopic (exact) mass is 521 g/mol. The van der Waals surface area contributed by atoms with Crippen LogP contribution in [-0.2, 0) is 0 Å². The summed E-state index contributed by atoms with van der Waals surface area (Å²) in [5, 5.41) is 5.59. The molecule has 0 fully saturated rings. The van der Waals surface area contributed by atoms with Gasteiger partial charge in [0.15, 0.2) is 11.5 Å². The van der Waals surface area contributed by atoms with E-state index in [1.54, 1.807) is 19.2 Å². The number of anilines is 1. The molecule has 0 bridgehead atoms. The fraction of sp³-hybridized carbons (Fsp3) is 0.273. The van der Waals surface area contributed by atoms with E-state index >= 15 is 0 Å². The van der Waals surface area contributed by atoms with Crippen LogP contribution in [0.15, 0.2) is 85.1 Å². The van der Waals surface area contributed by atoms with Gasteiger partial charge in [0.2, 0.25) is 0 Å². The molecule has 0 saturated heterocycles. The molecule has 0 saturated carbocycles. The van der Waals surface area contributed by atoms with Crippen LogP contribution in [0.5, 0.6) is 11.5 Å². The lowest BCUT2D eigenvalue weighted by Gasteiger charge is -2.34. The smallest absolute Gasteiger partial charge is 0.344 e. The number of hydrogen-bond acceptors (Lipinski definition) is 5. The van der Waals surface area contributed by atoms with E-state index in [1.165, 1.54) is 0 Å². The predicted octanol–water partition coefficient (Wildman–Crippen LogP) is 8.01. The van der Waals surface area contributed by atoms with Crippen molar-refractivity contribution < 1.29 is 14.3 Å². The van der Waals surface area contributed by atoms with Gasteiger partial charge in [-0.05, 0) is 72.9 Å². The summed E-state index contributed by atoms with van der Waals surface area (Å²) in [5.74, 6) is 1.28. The lowest BCUT2D eigenvalue weighted by Crippen LogP contribution is -2.36. The fourth-order valence-electron chi connectivity index (χ4n) is 5.46. The van der Waals surface area contributed by atoms with Gasteiger partial charge in [0.25, 0.3) is 0 Å². The molecular formula is C33H35N3O3. The van der Waals surface area contributed by atoms with Crippen LogP contribution in [0.25, 0.3) is 27.7 Å². The average Bonchev–Trinajstić information content (AvgIpc) is 3.24. The minimum absolute atomic E-state index is 0.149. The second-order valence-corrected chi connectivity index (χ2v) is 11.8. The Kier molecular flexibility index (Phi) is 6.81. The van der Waals surface area contributed by atoms with Crippen molar-refractivity contribution in [2.75, 3.05) is 12.4 Å². The molecule has 0 spiro atoms. The van der Waals surface area contributed by atoms with Crippen molar-refractivity contribution in [3.8, 4) is 22.8 Å². The number of imidazole rings is 1. The van der Waals surface area contributed by atoms with Crippen molar-refractivity contribution in [1.29, 1.82) is 0 Å². The number of esters is 1. The first kappa shape index (κ1) is 26.3. The van der Waals surface area contributed by atoms with E-state index < -0.39 is 5.97 Å². The fourth-order valence-corrected chi connectivity index (χ4v) is 5.46. The van der Waals surface area contributed by atoms with Gasteiger partial charge in [-0.1, -0.05) is 63.2 Å². The van der Waals surface area contributed by atoms with E-state index in [4.69, 9.17) is 14.5 Å². The molecule has 200 valence electrons. The standard InChI is InChI=1S/C33H35N3O3/c1-32(2,3)21-33(4,5)35-30-29(34-28-16-9-10-19-36(28)30)23-17-18-26(27(20-23)38-6)39-31(37)25-15-11-13-22-12-7-8-14-24(22)25/h7-20,35H,21H2,1-6H3. The van der Waals surface area contributed by atoms with Crippen molar-refractivity contribution in [3.63, 3.8) is 0 Å². The van der Waals surface area contributed by atoms with Crippen LogP contribution in [0.1, 0.15) is 51.4 Å². The molecule has 0 unspecified atom stereocenters. The molecule has 2 aromatic heterocycles. The van der Waals surface area contributed by atoms with Crippen molar-refractivity contribution in [2.45, 2.75) is 46.6 Å². The third-order valence-electron chi connectivity index (χ3n) is 6.61. The van der Waals surface area contributed by atoms with Gasteiger partial charge in [-0.3, -0.25) is 4.40 Å². The normalized spacial score (nSPS) is 12.1. The number of aromatic nitrogens is 2. The topological polar surface area (TPSA) is 64.9 Å².